The van der Waals surface area contributed by atoms with E-state index in [1.807, 2.05) is 6.07 Å². The standard InChI is InChI=1S/C15H7F3IN3O/c1-14(10-2-4-11(5-3-10)15(16,17)18)19-12(8-22)13(23-14)9(6-20)7-21/h2-5H,1H3. The summed E-state index contributed by atoms with van der Waals surface area (Å²) in [7, 11) is 0. The van der Waals surface area contributed by atoms with Crippen molar-refractivity contribution in [2.75, 3.05) is 0 Å². The number of halogens is 4. The molecule has 1 aliphatic heterocycles. The van der Waals surface area contributed by atoms with Gasteiger partial charge in [-0.3, -0.25) is 0 Å². The first-order valence-corrected chi connectivity index (χ1v) is 8.25. The number of allylic oxidation sites excluding steroid dienone is 2. The molecule has 23 heavy (non-hydrogen) atoms. The molecule has 1 aromatic carbocycles. The van der Waals surface area contributed by atoms with Crippen LogP contribution in [-0.2, 0) is 14.5 Å². The summed E-state index contributed by atoms with van der Waals surface area (Å²) in [4.78, 5) is 0. The molecule has 1 unspecified atom stereocenters. The summed E-state index contributed by atoms with van der Waals surface area (Å²) < 4.78 is 42.7. The number of rotatable bonds is 1. The lowest BCUT2D eigenvalue weighted by Gasteiger charge is -2.23. The molecule has 1 atom stereocenters. The molecule has 0 bridgehead atoms. The molecule has 0 saturated heterocycles. The zero-order valence-electron chi connectivity index (χ0n) is 11.6. The second kappa shape index (κ2) is 6.02. The van der Waals surface area contributed by atoms with Crippen molar-refractivity contribution in [2.45, 2.75) is 16.7 Å². The zero-order chi connectivity index (χ0) is 17.3. The van der Waals surface area contributed by atoms with Gasteiger partial charge in [-0.1, -0.05) is 12.1 Å². The predicted octanol–water partition coefficient (Wildman–Crippen LogP) is 3.88. The van der Waals surface area contributed by atoms with Crippen LogP contribution in [0, 0.1) is 34.0 Å². The number of nitriles is 3. The van der Waals surface area contributed by atoms with E-state index in [-0.39, 0.29) is 14.8 Å². The summed E-state index contributed by atoms with van der Waals surface area (Å²) in [6.45, 7) is 1.64. The first-order chi connectivity index (χ1) is 10.7. The zero-order valence-corrected chi connectivity index (χ0v) is 13.7. The topological polar surface area (TPSA) is 80.6 Å². The van der Waals surface area contributed by atoms with Crippen molar-refractivity contribution in [3.8, 4) is 18.2 Å². The van der Waals surface area contributed by atoms with Crippen molar-refractivity contribution < 1.29 is 17.9 Å². The Kier molecular flexibility index (Phi) is 4.44. The van der Waals surface area contributed by atoms with Gasteiger partial charge in [-0.25, -0.2) is 0 Å². The third kappa shape index (κ3) is 3.20. The van der Waals surface area contributed by atoms with E-state index in [9.17, 15) is 13.2 Å². The molecule has 0 radical (unpaired) electrons. The number of nitrogens with zero attached hydrogens (tertiary/aromatic N) is 3. The van der Waals surface area contributed by atoms with Crippen LogP contribution in [0.25, 0.3) is 0 Å². The molecular formula is C15H7F3IN3O. The van der Waals surface area contributed by atoms with E-state index in [0.717, 1.165) is 12.1 Å². The Balaban J connectivity index is 2.48. The van der Waals surface area contributed by atoms with Crippen LogP contribution in [0.2, 0.25) is 0 Å². The lowest BCUT2D eigenvalue weighted by atomic mass is 10.1. The van der Waals surface area contributed by atoms with E-state index in [2.05, 4.69) is 0 Å². The first-order valence-electron chi connectivity index (χ1n) is 6.10. The van der Waals surface area contributed by atoms with Gasteiger partial charge < -0.3 is 4.74 Å². The quantitative estimate of drug-likeness (QED) is 0.386. The lowest BCUT2D eigenvalue weighted by molar-refractivity contribution is -0.137. The van der Waals surface area contributed by atoms with Crippen molar-refractivity contribution in [1.82, 2.24) is 0 Å². The van der Waals surface area contributed by atoms with Gasteiger partial charge in [0.2, 0.25) is 0 Å². The summed E-state index contributed by atoms with van der Waals surface area (Å²) in [6, 6.07) is 9.72. The fourth-order valence-corrected chi connectivity index (χ4v) is 4.68. The third-order valence-corrected chi connectivity index (χ3v) is 6.19. The molecule has 0 amide bonds. The van der Waals surface area contributed by atoms with Crippen LogP contribution < -0.4 is 0 Å². The van der Waals surface area contributed by atoms with Gasteiger partial charge in [0.1, 0.15) is 21.7 Å². The van der Waals surface area contributed by atoms with E-state index in [4.69, 9.17) is 20.5 Å². The predicted molar refractivity (Wildman–Crippen MR) is 82.8 cm³/mol. The summed E-state index contributed by atoms with van der Waals surface area (Å²) >= 11 is -1.08. The van der Waals surface area contributed by atoms with Gasteiger partial charge in [0.15, 0.2) is 14.9 Å². The molecule has 0 fully saturated rings. The van der Waals surface area contributed by atoms with Crippen LogP contribution in [0.5, 0.6) is 0 Å². The molecule has 2 rings (SSSR count). The van der Waals surface area contributed by atoms with E-state index in [0.29, 0.717) is 5.56 Å². The molecule has 0 aromatic heterocycles. The maximum absolute atomic E-state index is 12.6. The number of alkyl halides is 4. The fraction of sp³-hybridized carbons (Fsp3) is 0.200. The Morgan fingerprint density at radius 2 is 1.70 bits per heavy atom. The summed E-state index contributed by atoms with van der Waals surface area (Å²) in [5, 5.41) is 27.0. The highest BCUT2D eigenvalue weighted by Crippen LogP contribution is 2.47. The molecule has 116 valence electrons. The van der Waals surface area contributed by atoms with Crippen molar-refractivity contribution in [2.24, 2.45) is 0 Å². The molecule has 8 heteroatoms. The Hall–Kier alpha value is -2.38. The van der Waals surface area contributed by atoms with Crippen LogP contribution in [0.3, 0.4) is 0 Å². The van der Waals surface area contributed by atoms with Gasteiger partial charge in [-0.05, 0) is 39.8 Å². The molecule has 4 nitrogen and oxygen atoms in total. The molecular weight excluding hydrogens is 422 g/mol. The highest BCUT2D eigenvalue weighted by Gasteiger charge is 2.39. The van der Waals surface area contributed by atoms with Gasteiger partial charge >= 0.3 is 6.18 Å². The minimum atomic E-state index is -4.44. The maximum atomic E-state index is 12.6. The summed E-state index contributed by atoms with van der Waals surface area (Å²) in [5.41, 5.74) is -0.621. The molecule has 0 saturated carbocycles. The van der Waals surface area contributed by atoms with Gasteiger partial charge in [0.25, 0.3) is 0 Å². The van der Waals surface area contributed by atoms with Gasteiger partial charge in [0, 0.05) is 5.56 Å². The second-order valence-electron chi connectivity index (χ2n) is 4.54. The molecule has 0 N–H and O–H groups in total. The highest BCUT2D eigenvalue weighted by molar-refractivity contribution is 14.2. The maximum Gasteiger partial charge on any atom is 0.416 e. The number of benzene rings is 1. The minimum Gasteiger partial charge on any atom is -0.469 e. The van der Waals surface area contributed by atoms with E-state index in [1.165, 1.54) is 12.1 Å². The van der Waals surface area contributed by atoms with Crippen LogP contribution in [0.1, 0.15) is 18.1 Å². The summed E-state index contributed by atoms with van der Waals surface area (Å²) in [6.07, 6.45) is -4.44. The van der Waals surface area contributed by atoms with Crippen LogP contribution in [0.15, 0.2) is 35.6 Å². The molecule has 0 spiro atoms. The van der Waals surface area contributed by atoms with Gasteiger partial charge in [0.05, 0.1) is 5.56 Å². The van der Waals surface area contributed by atoms with E-state index < -0.39 is 36.1 Å². The largest absolute Gasteiger partial charge is 0.469 e. The number of ether oxygens (including phenoxy) is 1. The van der Waals surface area contributed by atoms with Crippen molar-refractivity contribution >= 4 is 24.2 Å². The van der Waals surface area contributed by atoms with Crippen LogP contribution >= 0.6 is 20.7 Å². The Morgan fingerprint density at radius 3 is 2.13 bits per heavy atom. The fourth-order valence-electron chi connectivity index (χ4n) is 1.91. The molecule has 1 aliphatic rings. The lowest BCUT2D eigenvalue weighted by Crippen LogP contribution is -2.16. The monoisotopic (exact) mass is 429 g/mol. The van der Waals surface area contributed by atoms with Gasteiger partial charge in [-0.2, -0.15) is 29.0 Å². The average molecular weight is 429 g/mol. The first kappa shape index (κ1) is 17.0. The minimum absolute atomic E-state index is 0.0623. The SMILES string of the molecule is CC1(c2ccc(C(F)(F)F)cc2)OC(=C(C#N)C#N)C(C#N)=I1. The van der Waals surface area contributed by atoms with Gasteiger partial charge in [-0.15, -0.1) is 0 Å². The van der Waals surface area contributed by atoms with E-state index in [1.54, 1.807) is 19.1 Å². The van der Waals surface area contributed by atoms with E-state index >= 15 is 0 Å². The van der Waals surface area contributed by atoms with Crippen molar-refractivity contribution in [3.05, 3.63) is 46.7 Å². The smallest absolute Gasteiger partial charge is 0.416 e. The molecule has 1 aromatic rings. The Labute approximate surface area is 139 Å². The Bertz CT molecular complexity index is 819. The average Bonchev–Trinajstić information content (AvgIpc) is 2.86. The van der Waals surface area contributed by atoms with Crippen molar-refractivity contribution in [3.63, 3.8) is 0 Å². The molecule has 1 heterocycles. The second-order valence-corrected chi connectivity index (χ2v) is 8.22. The van der Waals surface area contributed by atoms with Crippen molar-refractivity contribution in [1.29, 1.82) is 15.8 Å². The normalized spacial score (nSPS) is 20.2. The number of hydrogen-bond acceptors (Lipinski definition) is 4. The highest BCUT2D eigenvalue weighted by atomic mass is 127. The van der Waals surface area contributed by atoms with Crippen LogP contribution in [-0.4, -0.2) is 3.51 Å². The third-order valence-electron chi connectivity index (χ3n) is 3.04. The number of hydrogen-bond donors (Lipinski definition) is 0. The van der Waals surface area contributed by atoms with Crippen LogP contribution in [0.4, 0.5) is 13.2 Å². The summed E-state index contributed by atoms with van der Waals surface area (Å²) in [5.74, 6) is -0.0623. The molecule has 0 aliphatic carbocycles. The Morgan fingerprint density at radius 1 is 1.13 bits per heavy atom.